The monoisotopic (exact) mass is 385 g/mol. The highest BCUT2D eigenvalue weighted by atomic mass is 35.5. The first-order chi connectivity index (χ1) is 13.0. The number of benzene rings is 2. The Morgan fingerprint density at radius 2 is 1.70 bits per heavy atom. The number of ether oxygens (including phenoxy) is 2. The molecule has 3 aromatic rings. The summed E-state index contributed by atoms with van der Waals surface area (Å²) >= 11 is 5.90. The van der Waals surface area contributed by atoms with Gasteiger partial charge in [-0.15, -0.1) is 0 Å². The van der Waals surface area contributed by atoms with E-state index in [4.69, 9.17) is 21.1 Å². The number of carbonyl (C=O) groups is 1. The van der Waals surface area contributed by atoms with Crippen molar-refractivity contribution < 1.29 is 24.5 Å². The third-order valence-electron chi connectivity index (χ3n) is 4.03. The molecule has 1 aromatic heterocycles. The van der Waals surface area contributed by atoms with E-state index in [1.54, 1.807) is 30.3 Å². The highest BCUT2D eigenvalue weighted by molar-refractivity contribution is 6.32. The van der Waals surface area contributed by atoms with Crippen LogP contribution in [0.3, 0.4) is 0 Å². The summed E-state index contributed by atoms with van der Waals surface area (Å²) < 4.78 is 10.9. The second kappa shape index (κ2) is 7.55. The number of aromatic carboxylic acids is 1. The van der Waals surface area contributed by atoms with Gasteiger partial charge in [0.15, 0.2) is 0 Å². The lowest BCUT2D eigenvalue weighted by Crippen LogP contribution is -2.03. The van der Waals surface area contributed by atoms with E-state index in [0.29, 0.717) is 33.9 Å². The van der Waals surface area contributed by atoms with Gasteiger partial charge in [0.1, 0.15) is 22.9 Å². The molecule has 0 bridgehead atoms. The fraction of sp³-hybridized carbons (Fsp3) is 0.100. The van der Waals surface area contributed by atoms with Crippen molar-refractivity contribution in [3.8, 4) is 39.6 Å². The van der Waals surface area contributed by atoms with Crippen molar-refractivity contribution >= 4 is 17.6 Å². The molecule has 0 aliphatic rings. The maximum atomic E-state index is 11.4. The minimum Gasteiger partial charge on any atom is -0.506 e. The Morgan fingerprint density at radius 3 is 2.26 bits per heavy atom. The number of phenolic OH excluding ortho intramolecular Hbond substituents is 1. The summed E-state index contributed by atoms with van der Waals surface area (Å²) in [6.45, 7) is 0. The van der Waals surface area contributed by atoms with Crippen molar-refractivity contribution in [2.75, 3.05) is 14.2 Å². The molecule has 0 amide bonds. The summed E-state index contributed by atoms with van der Waals surface area (Å²) in [5.41, 5.74) is 1.94. The Kier molecular flexibility index (Phi) is 5.19. The van der Waals surface area contributed by atoms with Gasteiger partial charge >= 0.3 is 5.97 Å². The van der Waals surface area contributed by atoms with E-state index in [1.807, 2.05) is 0 Å². The second-order valence-electron chi connectivity index (χ2n) is 5.60. The molecule has 0 spiro atoms. The minimum absolute atomic E-state index is 0.128. The largest absolute Gasteiger partial charge is 0.506 e. The molecular weight excluding hydrogens is 370 g/mol. The predicted molar refractivity (Wildman–Crippen MR) is 102 cm³/mol. The van der Waals surface area contributed by atoms with Crippen LogP contribution >= 0.6 is 11.6 Å². The summed E-state index contributed by atoms with van der Waals surface area (Å²) in [5, 5.41) is 19.5. The lowest BCUT2D eigenvalue weighted by molar-refractivity contribution is 0.0690. The summed E-state index contributed by atoms with van der Waals surface area (Å²) in [5.74, 6) is -0.208. The molecular formula is C20H16ClNO5. The Balaban J connectivity index is 2.34. The first-order valence-corrected chi connectivity index (χ1v) is 8.28. The van der Waals surface area contributed by atoms with Gasteiger partial charge in [-0.05, 0) is 36.4 Å². The normalized spacial score (nSPS) is 10.5. The highest BCUT2D eigenvalue weighted by Crippen LogP contribution is 2.43. The summed E-state index contributed by atoms with van der Waals surface area (Å²) in [6.07, 6.45) is 0. The third kappa shape index (κ3) is 3.52. The molecule has 2 aromatic carbocycles. The first-order valence-electron chi connectivity index (χ1n) is 7.91. The zero-order chi connectivity index (χ0) is 19.6. The number of aromatic nitrogens is 1. The van der Waals surface area contributed by atoms with Crippen molar-refractivity contribution in [2.24, 2.45) is 0 Å². The van der Waals surface area contributed by atoms with Crippen LogP contribution in [0.5, 0.6) is 17.2 Å². The number of rotatable bonds is 5. The van der Waals surface area contributed by atoms with Crippen LogP contribution in [0.4, 0.5) is 0 Å². The Hall–Kier alpha value is -3.25. The van der Waals surface area contributed by atoms with Crippen LogP contribution in [-0.2, 0) is 0 Å². The molecule has 0 saturated carbocycles. The molecule has 0 atom stereocenters. The van der Waals surface area contributed by atoms with Crippen LogP contribution in [0.15, 0.2) is 48.5 Å². The summed E-state index contributed by atoms with van der Waals surface area (Å²) in [6, 6.07) is 13.0. The van der Waals surface area contributed by atoms with Gasteiger partial charge in [0.25, 0.3) is 0 Å². The van der Waals surface area contributed by atoms with Gasteiger partial charge in [0.2, 0.25) is 0 Å². The molecule has 3 rings (SSSR count). The van der Waals surface area contributed by atoms with Crippen LogP contribution in [0.25, 0.3) is 22.4 Å². The summed E-state index contributed by atoms with van der Waals surface area (Å²) in [4.78, 5) is 15.7. The van der Waals surface area contributed by atoms with Crippen LogP contribution in [0.1, 0.15) is 10.5 Å². The van der Waals surface area contributed by atoms with Crippen molar-refractivity contribution in [1.82, 2.24) is 4.98 Å². The van der Waals surface area contributed by atoms with E-state index in [-0.39, 0.29) is 16.5 Å². The Morgan fingerprint density at radius 1 is 1.04 bits per heavy atom. The number of nitrogens with zero attached hydrogens (tertiary/aromatic N) is 1. The van der Waals surface area contributed by atoms with E-state index in [2.05, 4.69) is 4.98 Å². The number of hydrogen-bond acceptors (Lipinski definition) is 5. The van der Waals surface area contributed by atoms with Crippen LogP contribution in [-0.4, -0.2) is 35.4 Å². The lowest BCUT2D eigenvalue weighted by atomic mass is 9.97. The molecule has 2 N–H and O–H groups in total. The molecule has 6 nitrogen and oxygen atoms in total. The zero-order valence-corrected chi connectivity index (χ0v) is 15.3. The summed E-state index contributed by atoms with van der Waals surface area (Å²) in [7, 11) is 3.07. The number of carboxylic acid groups (broad SMARTS) is 1. The lowest BCUT2D eigenvalue weighted by Gasteiger charge is -2.16. The van der Waals surface area contributed by atoms with E-state index in [0.717, 1.165) is 0 Å². The number of phenols is 1. The van der Waals surface area contributed by atoms with Crippen LogP contribution in [0, 0.1) is 0 Å². The second-order valence-corrected chi connectivity index (χ2v) is 6.01. The molecule has 0 radical (unpaired) electrons. The number of hydrogen-bond donors (Lipinski definition) is 2. The van der Waals surface area contributed by atoms with Crippen LogP contribution in [0.2, 0.25) is 5.02 Å². The standard InChI is InChI=1S/C20H16ClNO5/c1-26-16-4-3-5-17(27-2)18(16)12-7-9-14(20(24)25)22-19(12)11-6-8-13(21)15(23)10-11/h3-10,23H,1-2H3,(H,24,25). The number of pyridine rings is 1. The number of aromatic hydroxyl groups is 1. The average molecular weight is 386 g/mol. The van der Waals surface area contributed by atoms with Gasteiger partial charge in [-0.25, -0.2) is 9.78 Å². The third-order valence-corrected chi connectivity index (χ3v) is 4.35. The van der Waals surface area contributed by atoms with Gasteiger partial charge in [0, 0.05) is 11.1 Å². The molecule has 0 fully saturated rings. The quantitative estimate of drug-likeness (QED) is 0.672. The average Bonchev–Trinajstić information content (AvgIpc) is 2.68. The van der Waals surface area contributed by atoms with Gasteiger partial charge in [0.05, 0.1) is 30.5 Å². The molecule has 0 aliphatic carbocycles. The number of carboxylic acids is 1. The highest BCUT2D eigenvalue weighted by Gasteiger charge is 2.20. The fourth-order valence-corrected chi connectivity index (χ4v) is 2.89. The molecule has 0 aliphatic heterocycles. The number of halogens is 1. The molecule has 27 heavy (non-hydrogen) atoms. The maximum absolute atomic E-state index is 11.4. The minimum atomic E-state index is -1.16. The molecule has 7 heteroatoms. The zero-order valence-electron chi connectivity index (χ0n) is 14.6. The molecule has 0 unspecified atom stereocenters. The van der Waals surface area contributed by atoms with Crippen molar-refractivity contribution in [3.63, 3.8) is 0 Å². The fourth-order valence-electron chi connectivity index (χ4n) is 2.78. The smallest absolute Gasteiger partial charge is 0.354 e. The van der Waals surface area contributed by atoms with Gasteiger partial charge in [-0.2, -0.15) is 0 Å². The SMILES string of the molecule is COc1cccc(OC)c1-c1ccc(C(=O)O)nc1-c1ccc(Cl)c(O)c1. The van der Waals surface area contributed by atoms with E-state index in [1.165, 1.54) is 32.4 Å². The van der Waals surface area contributed by atoms with E-state index >= 15 is 0 Å². The van der Waals surface area contributed by atoms with Crippen molar-refractivity contribution in [1.29, 1.82) is 0 Å². The molecule has 138 valence electrons. The molecule has 1 heterocycles. The van der Waals surface area contributed by atoms with Crippen LogP contribution < -0.4 is 9.47 Å². The van der Waals surface area contributed by atoms with E-state index in [9.17, 15) is 15.0 Å². The topological polar surface area (TPSA) is 88.9 Å². The maximum Gasteiger partial charge on any atom is 0.354 e. The van der Waals surface area contributed by atoms with Crippen molar-refractivity contribution in [3.05, 3.63) is 59.2 Å². The van der Waals surface area contributed by atoms with Gasteiger partial charge in [-0.3, -0.25) is 0 Å². The van der Waals surface area contributed by atoms with Gasteiger partial charge in [-0.1, -0.05) is 23.7 Å². The Labute approximate surface area is 160 Å². The number of methoxy groups -OCH3 is 2. The van der Waals surface area contributed by atoms with Gasteiger partial charge < -0.3 is 19.7 Å². The van der Waals surface area contributed by atoms with E-state index < -0.39 is 5.97 Å². The van der Waals surface area contributed by atoms with Crippen molar-refractivity contribution in [2.45, 2.75) is 0 Å². The predicted octanol–water partition coefficient (Wildman–Crippen LogP) is 4.49. The first kappa shape index (κ1) is 18.5. The Bertz CT molecular complexity index is 997. The molecule has 0 saturated heterocycles.